The normalized spacial score (nSPS) is 17.5. The third kappa shape index (κ3) is 7.94. The van der Waals surface area contributed by atoms with Gasteiger partial charge in [-0.05, 0) is 54.2 Å². The van der Waals surface area contributed by atoms with E-state index in [1.165, 1.54) is 11.1 Å². The Morgan fingerprint density at radius 1 is 1.16 bits per heavy atom. The number of nitrogens with zero attached hydrogens (tertiary/aromatic N) is 1. The highest BCUT2D eigenvalue weighted by molar-refractivity contribution is 5.99. The zero-order valence-electron chi connectivity index (χ0n) is 18.4. The minimum Gasteiger partial charge on any atom is -0.372 e. The molecule has 0 spiro atoms. The van der Waals surface area contributed by atoms with Crippen molar-refractivity contribution in [3.8, 4) is 0 Å². The quantitative estimate of drug-likeness (QED) is 0.675. The second kappa shape index (κ2) is 12.8. The molecule has 1 aliphatic heterocycles. The van der Waals surface area contributed by atoms with Crippen LogP contribution in [0.4, 0.5) is 0 Å². The van der Waals surface area contributed by atoms with Gasteiger partial charge in [-0.3, -0.25) is 9.79 Å². The molecule has 0 radical (unpaired) electrons. The molecular weight excluding hydrogens is 382 g/mol. The average Bonchev–Trinajstić information content (AvgIpc) is 2.85. The number of aliphatic imine (C=N–C) groups is 1. The number of hydrogen-bond donors (Lipinski definition) is 2. The zero-order valence-corrected chi connectivity index (χ0v) is 18.4. The van der Waals surface area contributed by atoms with E-state index >= 15 is 0 Å². The highest BCUT2D eigenvalue weighted by atomic mass is 16.1. The van der Waals surface area contributed by atoms with E-state index in [1.54, 1.807) is 12.3 Å². The molecular formula is C27H31N3O. The molecule has 4 heteroatoms. The van der Waals surface area contributed by atoms with Gasteiger partial charge >= 0.3 is 0 Å². The molecule has 1 aliphatic rings. The van der Waals surface area contributed by atoms with Crippen LogP contribution in [0.3, 0.4) is 0 Å². The Labute approximate surface area is 185 Å². The van der Waals surface area contributed by atoms with Crippen LogP contribution >= 0.6 is 0 Å². The van der Waals surface area contributed by atoms with Gasteiger partial charge in [0.05, 0.1) is 5.57 Å². The molecule has 2 N–H and O–H groups in total. The number of aryl methyl sites for hydroxylation is 1. The maximum absolute atomic E-state index is 12.7. The molecule has 3 rings (SSSR count). The molecule has 0 saturated heterocycles. The highest BCUT2D eigenvalue weighted by Crippen LogP contribution is 2.17. The van der Waals surface area contributed by atoms with Gasteiger partial charge in [-0.25, -0.2) is 0 Å². The first-order chi connectivity index (χ1) is 15.0. The van der Waals surface area contributed by atoms with E-state index in [0.29, 0.717) is 24.4 Å². The van der Waals surface area contributed by atoms with E-state index in [2.05, 4.69) is 47.8 Å². The van der Waals surface area contributed by atoms with Crippen LogP contribution < -0.4 is 10.6 Å². The molecule has 0 saturated carbocycles. The summed E-state index contributed by atoms with van der Waals surface area (Å²) in [5, 5.41) is 6.03. The van der Waals surface area contributed by atoms with E-state index in [1.807, 2.05) is 61.7 Å². The van der Waals surface area contributed by atoms with Gasteiger partial charge in [0, 0.05) is 19.0 Å². The van der Waals surface area contributed by atoms with Crippen LogP contribution in [0.2, 0.25) is 0 Å². The molecule has 0 fully saturated rings. The first-order valence-corrected chi connectivity index (χ1v) is 10.3. The predicted octanol–water partition coefficient (Wildman–Crippen LogP) is 5.04. The van der Waals surface area contributed by atoms with Crippen LogP contribution in [0.1, 0.15) is 23.6 Å². The summed E-state index contributed by atoms with van der Waals surface area (Å²) in [6, 6.07) is 18.1. The fourth-order valence-corrected chi connectivity index (χ4v) is 3.00. The molecule has 0 aromatic heterocycles. The Kier molecular flexibility index (Phi) is 9.76. The molecule has 0 aliphatic carbocycles. The summed E-state index contributed by atoms with van der Waals surface area (Å²) in [6.07, 6.45) is 7.97. The zero-order chi connectivity index (χ0) is 22.5. The molecule has 4 nitrogen and oxygen atoms in total. The SMILES string of the molecule is C=C1/C=C(Cc2ccccc2C)\C=N/CN/C=C\1C(=O)NCc1ccccc1.C=CC. The maximum atomic E-state index is 12.7. The minimum absolute atomic E-state index is 0.158. The third-order valence-electron chi connectivity index (χ3n) is 4.59. The Balaban J connectivity index is 0.00000107. The van der Waals surface area contributed by atoms with Crippen molar-refractivity contribution in [1.82, 2.24) is 10.6 Å². The number of carbonyl (C=O) groups is 1. The van der Waals surface area contributed by atoms with Crippen LogP contribution in [0, 0.1) is 6.92 Å². The summed E-state index contributed by atoms with van der Waals surface area (Å²) >= 11 is 0. The summed E-state index contributed by atoms with van der Waals surface area (Å²) < 4.78 is 0. The maximum Gasteiger partial charge on any atom is 0.253 e. The Bertz CT molecular complexity index is 985. The van der Waals surface area contributed by atoms with Crippen LogP contribution in [-0.4, -0.2) is 18.8 Å². The van der Waals surface area contributed by atoms with Crippen molar-refractivity contribution >= 4 is 12.1 Å². The predicted molar refractivity (Wildman–Crippen MR) is 131 cm³/mol. The van der Waals surface area contributed by atoms with Crippen molar-refractivity contribution in [2.24, 2.45) is 4.99 Å². The van der Waals surface area contributed by atoms with Gasteiger partial charge in [0.15, 0.2) is 0 Å². The molecule has 0 bridgehead atoms. The Morgan fingerprint density at radius 2 is 1.84 bits per heavy atom. The number of carbonyl (C=O) groups excluding carboxylic acids is 1. The Hall–Kier alpha value is -3.66. The summed E-state index contributed by atoms with van der Waals surface area (Å²) in [5.74, 6) is -0.158. The lowest BCUT2D eigenvalue weighted by Crippen LogP contribution is -2.26. The van der Waals surface area contributed by atoms with Gasteiger partial charge < -0.3 is 10.6 Å². The smallest absolute Gasteiger partial charge is 0.253 e. The molecule has 1 heterocycles. The second-order valence-electron chi connectivity index (χ2n) is 7.16. The lowest BCUT2D eigenvalue weighted by Gasteiger charge is -2.11. The van der Waals surface area contributed by atoms with E-state index in [4.69, 9.17) is 0 Å². The fourth-order valence-electron chi connectivity index (χ4n) is 3.00. The number of hydrogen-bond acceptors (Lipinski definition) is 3. The van der Waals surface area contributed by atoms with Gasteiger partial charge in [0.2, 0.25) is 0 Å². The number of rotatable bonds is 5. The largest absolute Gasteiger partial charge is 0.372 e. The highest BCUT2D eigenvalue weighted by Gasteiger charge is 2.13. The van der Waals surface area contributed by atoms with Crippen molar-refractivity contribution in [2.75, 3.05) is 6.67 Å². The van der Waals surface area contributed by atoms with E-state index in [-0.39, 0.29) is 5.91 Å². The number of amides is 1. The monoisotopic (exact) mass is 413 g/mol. The lowest BCUT2D eigenvalue weighted by atomic mass is 9.98. The van der Waals surface area contributed by atoms with Crippen molar-refractivity contribution < 1.29 is 4.79 Å². The van der Waals surface area contributed by atoms with Gasteiger partial charge in [-0.2, -0.15) is 0 Å². The van der Waals surface area contributed by atoms with Crippen molar-refractivity contribution in [3.63, 3.8) is 0 Å². The summed E-state index contributed by atoms with van der Waals surface area (Å²) in [7, 11) is 0. The van der Waals surface area contributed by atoms with Crippen LogP contribution in [0.15, 0.2) is 108 Å². The fraction of sp³-hybridized carbons (Fsp3) is 0.185. The number of allylic oxidation sites excluding steroid dienone is 3. The molecule has 31 heavy (non-hydrogen) atoms. The van der Waals surface area contributed by atoms with Crippen LogP contribution in [-0.2, 0) is 17.8 Å². The topological polar surface area (TPSA) is 53.5 Å². The van der Waals surface area contributed by atoms with Gasteiger partial charge in [0.25, 0.3) is 5.91 Å². The van der Waals surface area contributed by atoms with Crippen molar-refractivity contribution in [2.45, 2.75) is 26.8 Å². The standard InChI is InChI=1S/C24H25N3O.C3H6/c1-18-8-6-7-11-22(18)13-21-12-19(2)23(16-26-17-25-14-21)24(28)27-15-20-9-4-3-5-10-20;1-3-2/h3-12,14,16,26H,2,13,15,17H2,1H3,(H,27,28);3H,1H2,2H3/b21-12-,23-16+,25-14-;. The average molecular weight is 414 g/mol. The van der Waals surface area contributed by atoms with Crippen LogP contribution in [0.25, 0.3) is 0 Å². The number of nitrogens with one attached hydrogen (secondary N) is 2. The van der Waals surface area contributed by atoms with Gasteiger partial charge in [0.1, 0.15) is 6.67 Å². The number of benzene rings is 2. The Morgan fingerprint density at radius 3 is 2.55 bits per heavy atom. The molecule has 2 aromatic rings. The summed E-state index contributed by atoms with van der Waals surface area (Å²) in [4.78, 5) is 17.1. The van der Waals surface area contributed by atoms with Crippen LogP contribution in [0.5, 0.6) is 0 Å². The van der Waals surface area contributed by atoms with Crippen molar-refractivity contribution in [1.29, 1.82) is 0 Å². The van der Waals surface area contributed by atoms with Crippen molar-refractivity contribution in [3.05, 3.63) is 120 Å². The lowest BCUT2D eigenvalue weighted by molar-refractivity contribution is -0.117. The molecule has 0 unspecified atom stereocenters. The van der Waals surface area contributed by atoms with E-state index in [0.717, 1.165) is 17.6 Å². The molecule has 2 aromatic carbocycles. The molecule has 160 valence electrons. The summed E-state index contributed by atoms with van der Waals surface area (Å²) in [5.41, 5.74) is 5.72. The van der Waals surface area contributed by atoms with E-state index < -0.39 is 0 Å². The second-order valence-corrected chi connectivity index (χ2v) is 7.16. The molecule has 1 amide bonds. The van der Waals surface area contributed by atoms with Gasteiger partial charge in [-0.15, -0.1) is 6.58 Å². The minimum atomic E-state index is -0.158. The third-order valence-corrected chi connectivity index (χ3v) is 4.59. The van der Waals surface area contributed by atoms with E-state index in [9.17, 15) is 4.79 Å². The van der Waals surface area contributed by atoms with Gasteiger partial charge in [-0.1, -0.05) is 67.3 Å². The first kappa shape index (κ1) is 23.6. The first-order valence-electron chi connectivity index (χ1n) is 10.3. The summed E-state index contributed by atoms with van der Waals surface area (Å²) in [6.45, 7) is 12.4. The molecule has 0 atom stereocenters.